The number of amides is 3. The topological polar surface area (TPSA) is 69.7 Å². The van der Waals surface area contributed by atoms with Crippen LogP contribution in [0.3, 0.4) is 0 Å². The highest BCUT2D eigenvalue weighted by atomic mass is 16.2. The molecule has 1 saturated heterocycles. The molecule has 0 aromatic heterocycles. The van der Waals surface area contributed by atoms with Crippen LogP contribution in [-0.4, -0.2) is 48.8 Å². The van der Waals surface area contributed by atoms with Crippen LogP contribution >= 0.6 is 0 Å². The maximum absolute atomic E-state index is 12.0. The van der Waals surface area contributed by atoms with Crippen molar-refractivity contribution in [1.29, 1.82) is 0 Å². The normalized spacial score (nSPS) is 13.8. The van der Waals surface area contributed by atoms with Gasteiger partial charge in [0.15, 0.2) is 0 Å². The summed E-state index contributed by atoms with van der Waals surface area (Å²) in [7, 11) is 0. The molecular formula is C20H29N3O3. The lowest BCUT2D eigenvalue weighted by Gasteiger charge is -2.18. The Bertz CT molecular complexity index is 624. The molecule has 6 nitrogen and oxygen atoms in total. The summed E-state index contributed by atoms with van der Waals surface area (Å²) in [5.41, 5.74) is 1.81. The minimum atomic E-state index is -0.0507. The highest BCUT2D eigenvalue weighted by Crippen LogP contribution is 2.21. The summed E-state index contributed by atoms with van der Waals surface area (Å²) in [6, 6.07) is 7.58. The standard InChI is InChI=1S/C20H29N3O3/c1-3-22(4-2)19(25)7-5-13-21-18(24)15-16-9-11-17(12-10-16)23-14-6-8-20(23)26/h9-12H,3-8,13-15H2,1-2H3,(H,21,24). The fraction of sp³-hybridized carbons (Fsp3) is 0.550. The van der Waals surface area contributed by atoms with E-state index in [4.69, 9.17) is 0 Å². The SMILES string of the molecule is CCN(CC)C(=O)CCCNC(=O)Cc1ccc(N2CCCC2=O)cc1. The summed E-state index contributed by atoms with van der Waals surface area (Å²) in [5, 5.41) is 2.86. The molecule has 1 aliphatic heterocycles. The fourth-order valence-corrected chi connectivity index (χ4v) is 3.16. The van der Waals surface area contributed by atoms with Gasteiger partial charge >= 0.3 is 0 Å². The number of carbonyl (C=O) groups is 3. The lowest BCUT2D eigenvalue weighted by Crippen LogP contribution is -2.32. The Labute approximate surface area is 155 Å². The van der Waals surface area contributed by atoms with E-state index in [0.717, 1.165) is 37.3 Å². The van der Waals surface area contributed by atoms with Crippen LogP contribution in [-0.2, 0) is 20.8 Å². The zero-order chi connectivity index (χ0) is 18.9. The van der Waals surface area contributed by atoms with Gasteiger partial charge < -0.3 is 15.1 Å². The summed E-state index contributed by atoms with van der Waals surface area (Å²) in [5.74, 6) is 0.247. The van der Waals surface area contributed by atoms with Crippen LogP contribution in [0.5, 0.6) is 0 Å². The third-order valence-electron chi connectivity index (χ3n) is 4.69. The van der Waals surface area contributed by atoms with E-state index in [1.807, 2.05) is 38.1 Å². The second-order valence-corrected chi connectivity index (χ2v) is 6.51. The molecule has 1 aromatic rings. The van der Waals surface area contributed by atoms with E-state index in [-0.39, 0.29) is 17.7 Å². The van der Waals surface area contributed by atoms with E-state index in [2.05, 4.69) is 5.32 Å². The van der Waals surface area contributed by atoms with Gasteiger partial charge in [0, 0.05) is 44.7 Å². The molecule has 26 heavy (non-hydrogen) atoms. The summed E-state index contributed by atoms with van der Waals surface area (Å²) in [4.78, 5) is 39.3. The predicted molar refractivity (Wildman–Crippen MR) is 102 cm³/mol. The lowest BCUT2D eigenvalue weighted by atomic mass is 10.1. The van der Waals surface area contributed by atoms with Crippen LogP contribution in [0.1, 0.15) is 45.1 Å². The van der Waals surface area contributed by atoms with Crippen molar-refractivity contribution in [2.45, 2.75) is 46.0 Å². The first-order valence-electron chi connectivity index (χ1n) is 9.49. The molecule has 1 fully saturated rings. The van der Waals surface area contributed by atoms with Gasteiger partial charge in [-0.2, -0.15) is 0 Å². The number of nitrogens with one attached hydrogen (secondary N) is 1. The average Bonchev–Trinajstić information content (AvgIpc) is 3.06. The van der Waals surface area contributed by atoms with Gasteiger partial charge in [-0.05, 0) is 44.4 Å². The van der Waals surface area contributed by atoms with Crippen molar-refractivity contribution in [3.63, 3.8) is 0 Å². The molecule has 1 aromatic carbocycles. The number of rotatable bonds is 9. The van der Waals surface area contributed by atoms with E-state index in [0.29, 0.717) is 32.2 Å². The molecule has 0 bridgehead atoms. The van der Waals surface area contributed by atoms with Crippen molar-refractivity contribution < 1.29 is 14.4 Å². The second-order valence-electron chi connectivity index (χ2n) is 6.51. The van der Waals surface area contributed by atoms with Crippen LogP contribution in [0.4, 0.5) is 5.69 Å². The van der Waals surface area contributed by atoms with Crippen molar-refractivity contribution in [3.8, 4) is 0 Å². The molecule has 1 N–H and O–H groups in total. The van der Waals surface area contributed by atoms with Gasteiger partial charge in [0.05, 0.1) is 6.42 Å². The number of hydrogen-bond acceptors (Lipinski definition) is 3. The number of benzene rings is 1. The van der Waals surface area contributed by atoms with Gasteiger partial charge in [-0.3, -0.25) is 14.4 Å². The summed E-state index contributed by atoms with van der Waals surface area (Å²) in [6.07, 6.45) is 2.93. The molecule has 6 heteroatoms. The first kappa shape index (κ1) is 19.9. The fourth-order valence-electron chi connectivity index (χ4n) is 3.16. The van der Waals surface area contributed by atoms with Gasteiger partial charge in [0.2, 0.25) is 17.7 Å². The van der Waals surface area contributed by atoms with Crippen LogP contribution in [0.25, 0.3) is 0 Å². The Morgan fingerprint density at radius 2 is 1.85 bits per heavy atom. The predicted octanol–water partition coefficient (Wildman–Crippen LogP) is 2.12. The third kappa shape index (κ3) is 5.58. The van der Waals surface area contributed by atoms with Crippen molar-refractivity contribution >= 4 is 23.4 Å². The zero-order valence-corrected chi connectivity index (χ0v) is 15.8. The van der Waals surface area contributed by atoms with Crippen LogP contribution in [0, 0.1) is 0 Å². The van der Waals surface area contributed by atoms with Crippen molar-refractivity contribution in [2.24, 2.45) is 0 Å². The minimum Gasteiger partial charge on any atom is -0.356 e. The first-order chi connectivity index (χ1) is 12.5. The summed E-state index contributed by atoms with van der Waals surface area (Å²) >= 11 is 0. The lowest BCUT2D eigenvalue weighted by molar-refractivity contribution is -0.131. The average molecular weight is 359 g/mol. The van der Waals surface area contributed by atoms with E-state index in [1.165, 1.54) is 0 Å². The molecule has 0 radical (unpaired) electrons. The van der Waals surface area contributed by atoms with Gasteiger partial charge in [0.25, 0.3) is 0 Å². The molecule has 142 valence electrons. The molecule has 0 unspecified atom stereocenters. The maximum atomic E-state index is 12.0. The van der Waals surface area contributed by atoms with Gasteiger partial charge in [0.1, 0.15) is 0 Å². The Hall–Kier alpha value is -2.37. The molecule has 3 amide bonds. The third-order valence-corrected chi connectivity index (χ3v) is 4.69. The van der Waals surface area contributed by atoms with E-state index >= 15 is 0 Å². The van der Waals surface area contributed by atoms with Crippen molar-refractivity contribution in [3.05, 3.63) is 29.8 Å². The second kappa shape index (κ2) is 9.94. The summed E-state index contributed by atoms with van der Waals surface area (Å²) in [6.45, 7) is 6.65. The molecule has 0 saturated carbocycles. The van der Waals surface area contributed by atoms with Crippen LogP contribution in [0.15, 0.2) is 24.3 Å². The smallest absolute Gasteiger partial charge is 0.227 e. The number of nitrogens with zero attached hydrogens (tertiary/aromatic N) is 2. The Kier molecular flexibility index (Phi) is 7.63. The molecular weight excluding hydrogens is 330 g/mol. The van der Waals surface area contributed by atoms with Crippen LogP contribution in [0.2, 0.25) is 0 Å². The van der Waals surface area contributed by atoms with Gasteiger partial charge in [-0.1, -0.05) is 12.1 Å². The van der Waals surface area contributed by atoms with Crippen molar-refractivity contribution in [1.82, 2.24) is 10.2 Å². The first-order valence-corrected chi connectivity index (χ1v) is 9.49. The van der Waals surface area contributed by atoms with E-state index < -0.39 is 0 Å². The molecule has 0 atom stereocenters. The summed E-state index contributed by atoms with van der Waals surface area (Å²) < 4.78 is 0. The Balaban J connectivity index is 1.71. The van der Waals surface area contributed by atoms with Crippen LogP contribution < -0.4 is 10.2 Å². The number of hydrogen-bond donors (Lipinski definition) is 1. The molecule has 1 aliphatic rings. The van der Waals surface area contributed by atoms with Gasteiger partial charge in [-0.15, -0.1) is 0 Å². The van der Waals surface area contributed by atoms with Gasteiger partial charge in [-0.25, -0.2) is 0 Å². The highest BCUT2D eigenvalue weighted by molar-refractivity contribution is 5.95. The minimum absolute atomic E-state index is 0.0507. The maximum Gasteiger partial charge on any atom is 0.227 e. The van der Waals surface area contributed by atoms with E-state index in [9.17, 15) is 14.4 Å². The largest absolute Gasteiger partial charge is 0.356 e. The number of carbonyl (C=O) groups excluding carboxylic acids is 3. The Morgan fingerprint density at radius 3 is 2.42 bits per heavy atom. The molecule has 0 spiro atoms. The van der Waals surface area contributed by atoms with E-state index in [1.54, 1.807) is 9.80 Å². The molecule has 1 heterocycles. The zero-order valence-electron chi connectivity index (χ0n) is 15.8. The Morgan fingerprint density at radius 1 is 1.15 bits per heavy atom. The van der Waals surface area contributed by atoms with Crippen molar-refractivity contribution in [2.75, 3.05) is 31.1 Å². The number of anilines is 1. The molecule has 0 aliphatic carbocycles. The quantitative estimate of drug-likeness (QED) is 0.687. The monoisotopic (exact) mass is 359 g/mol. The molecule has 2 rings (SSSR count). The highest BCUT2D eigenvalue weighted by Gasteiger charge is 2.21.